The predicted octanol–water partition coefficient (Wildman–Crippen LogP) is 4.27. The average Bonchev–Trinajstić information content (AvgIpc) is 3.03. The normalized spacial score (nSPS) is 12.7. The first-order chi connectivity index (χ1) is 21.8. The Morgan fingerprint density at radius 2 is 0.809 bits per heavy atom. The van der Waals surface area contributed by atoms with Crippen LogP contribution in [-0.2, 0) is 48.5 Å². The third-order valence-electron chi connectivity index (χ3n) is 7.04. The molecule has 0 rings (SSSR count). The van der Waals surface area contributed by atoms with E-state index in [1.807, 2.05) is 0 Å². The molecule has 0 aromatic rings. The Kier molecular flexibility index (Phi) is 42.1. The van der Waals surface area contributed by atoms with Gasteiger partial charge in [0.1, 0.15) is 0 Å². The molecule has 10 nitrogen and oxygen atoms in total. The molecule has 0 N–H and O–H groups in total. The molecule has 0 aromatic carbocycles. The fraction of sp³-hybridized carbons (Fsp3) is 0.824. The number of nitrogens with zero attached hydrogens (tertiary/aromatic N) is 2. The summed E-state index contributed by atoms with van der Waals surface area (Å²) < 4.78 is 30.2. The van der Waals surface area contributed by atoms with E-state index in [9.17, 15) is 10.2 Å². The van der Waals surface area contributed by atoms with Crippen LogP contribution in [0.4, 0.5) is 0 Å². The Morgan fingerprint density at radius 3 is 1.02 bits per heavy atom. The molecule has 0 unspecified atom stereocenters. The minimum Gasteiger partial charge on any atom is -0.873 e. The van der Waals surface area contributed by atoms with Crippen LogP contribution < -0.4 is 10.2 Å². The van der Waals surface area contributed by atoms with E-state index in [0.29, 0.717) is 13.1 Å². The van der Waals surface area contributed by atoms with Crippen LogP contribution in [-0.4, -0.2) is 144 Å². The molecule has 0 saturated carbocycles. The maximum atomic E-state index is 11.7. The van der Waals surface area contributed by atoms with Gasteiger partial charge in [-0.25, -0.2) is 0 Å². The summed E-state index contributed by atoms with van der Waals surface area (Å²) in [4.78, 5) is 8.09. The summed E-state index contributed by atoms with van der Waals surface area (Å²) in [6, 6.07) is 0. The van der Waals surface area contributed by atoms with E-state index in [0.717, 1.165) is 26.4 Å². The molecule has 0 spiro atoms. The first-order valence-corrected chi connectivity index (χ1v) is 21.1. The quantitative estimate of drug-likeness (QED) is 0.0581. The fourth-order valence-electron chi connectivity index (χ4n) is 3.43. The molecule has 0 bridgehead atoms. The molecule has 1 radical (unpaired) electrons. The standard InChI is InChI=1S/C16H28N2O4.2C9H21O2P.Tc/c1-15(2,21-5)13(19)7-9-17-11-12-18-10-8-14(20)16(3,4)22-6;2*1-10-6-4-8-12(3)9-5-7-11-2;/h7-10,19-20H,11-12H2,1-6H3;2*4-9H2,1-3H3;/b13-7-,14-8-,17-9?,18-10?;;;/i;;;1+1. The van der Waals surface area contributed by atoms with Crippen LogP contribution in [0.2, 0.25) is 0 Å². The van der Waals surface area contributed by atoms with Crippen LogP contribution >= 0.6 is 15.8 Å². The van der Waals surface area contributed by atoms with E-state index in [2.05, 4.69) is 23.3 Å². The van der Waals surface area contributed by atoms with Crippen LogP contribution in [0.15, 0.2) is 33.7 Å². The fourth-order valence-corrected chi connectivity index (χ4v) is 6.92. The van der Waals surface area contributed by atoms with Gasteiger partial charge in [-0.15, -0.1) is 0 Å². The number of allylic oxidation sites excluding steroid dienone is 2. The number of methoxy groups -OCH3 is 6. The zero-order chi connectivity index (χ0) is 35.7. The van der Waals surface area contributed by atoms with Crippen molar-refractivity contribution in [3.8, 4) is 0 Å². The second-order valence-electron chi connectivity index (χ2n) is 11.9. The average molecular weight is 796 g/mol. The van der Waals surface area contributed by atoms with Gasteiger partial charge in [0.05, 0.1) is 48.9 Å². The van der Waals surface area contributed by atoms with Gasteiger partial charge in [0.15, 0.2) is 0 Å². The minimum absolute atomic E-state index is 0. The number of hydrogen-bond donors (Lipinski definition) is 0. The van der Waals surface area contributed by atoms with Gasteiger partial charge in [0, 0.05) is 141 Å². The third kappa shape index (κ3) is 36.8. The number of hydrogen-bond acceptors (Lipinski definition) is 10. The number of ether oxygens (including phenoxy) is 6. The van der Waals surface area contributed by atoms with Crippen LogP contribution in [0, 0.1) is 0 Å². The van der Waals surface area contributed by atoms with E-state index in [1.165, 1.54) is 89.1 Å². The molecule has 0 aromatic heterocycles. The summed E-state index contributed by atoms with van der Waals surface area (Å²) in [7, 11) is 9.87. The molecule has 0 aliphatic heterocycles. The van der Waals surface area contributed by atoms with Crippen LogP contribution in [0.5, 0.6) is 0 Å². The molecule has 0 fully saturated rings. The van der Waals surface area contributed by atoms with Crippen LogP contribution in [0.1, 0.15) is 53.4 Å². The molecule has 0 amide bonds. The van der Waals surface area contributed by atoms with Gasteiger partial charge < -0.3 is 38.6 Å². The molecule has 0 aliphatic rings. The maximum absolute atomic E-state index is 11.7. The first-order valence-electron chi connectivity index (χ1n) is 16.2. The van der Waals surface area contributed by atoms with Gasteiger partial charge in [-0.05, 0) is 43.5 Å². The van der Waals surface area contributed by atoms with E-state index >= 15 is 0 Å². The summed E-state index contributed by atoms with van der Waals surface area (Å²) in [6.07, 6.45) is 16.1. The molecule has 0 atom stereocenters. The van der Waals surface area contributed by atoms with Gasteiger partial charge in [-0.2, -0.15) is 0 Å². The van der Waals surface area contributed by atoms with Crippen molar-refractivity contribution in [2.45, 2.75) is 64.6 Å². The Labute approximate surface area is 304 Å². The van der Waals surface area contributed by atoms with Gasteiger partial charge >= 0.3 is 0 Å². The predicted molar refractivity (Wildman–Crippen MR) is 199 cm³/mol. The zero-order valence-corrected chi connectivity index (χ0v) is 35.6. The molecule has 0 saturated heterocycles. The second kappa shape index (κ2) is 37.0. The van der Waals surface area contributed by atoms with E-state index in [1.54, 1.807) is 56.1 Å². The van der Waals surface area contributed by atoms with Crippen molar-refractivity contribution >= 4 is 28.3 Å². The summed E-state index contributed by atoms with van der Waals surface area (Å²) in [5, 5.41) is 23.3. The van der Waals surface area contributed by atoms with Gasteiger partial charge in [0.25, 0.3) is 0 Å². The van der Waals surface area contributed by atoms with E-state index in [4.69, 9.17) is 28.4 Å². The summed E-state index contributed by atoms with van der Waals surface area (Å²) >= 11 is 0. The first kappa shape index (κ1) is 53.5. The molecule has 0 aliphatic carbocycles. The summed E-state index contributed by atoms with van der Waals surface area (Å²) in [5.74, 6) is -0.300. The smallest absolute Gasteiger partial charge is 0.0733 e. The van der Waals surface area contributed by atoms with Gasteiger partial charge in [-0.1, -0.05) is 23.7 Å². The molecular weight excluding hydrogens is 725 g/mol. The maximum Gasteiger partial charge on any atom is 0.0733 e. The molecule has 13 heteroatoms. The monoisotopic (exact) mass is 795 g/mol. The van der Waals surface area contributed by atoms with Crippen molar-refractivity contribution in [1.82, 2.24) is 0 Å². The van der Waals surface area contributed by atoms with Gasteiger partial charge in [-0.3, -0.25) is 9.98 Å². The Morgan fingerprint density at radius 1 is 0.553 bits per heavy atom. The molecule has 281 valence electrons. The second-order valence-corrected chi connectivity index (χ2v) is 17.7. The van der Waals surface area contributed by atoms with E-state index in [-0.39, 0.29) is 47.5 Å². The van der Waals surface area contributed by atoms with E-state index < -0.39 is 11.2 Å². The van der Waals surface area contributed by atoms with Crippen molar-refractivity contribution in [1.29, 1.82) is 0 Å². The topological polar surface area (TPSA) is 126 Å². The third-order valence-corrected chi connectivity index (χ3v) is 11.9. The minimum atomic E-state index is -0.840. The SMILES string of the molecule is COC(C)(C)/C([O-])=C/C=NCCN=C/C=C(\[O-])C(C)(C)OC.COCCC[PH+](C)CCCOC.COCCC[PH+](C)CCCOC.[99Tc]. The Hall–Kier alpha value is -0.311. The summed E-state index contributed by atoms with van der Waals surface area (Å²) in [5.41, 5.74) is -1.68. The number of aliphatic imine (C=N–C) groups is 2. The molecule has 47 heavy (non-hydrogen) atoms. The largest absolute Gasteiger partial charge is 0.873 e. The van der Waals surface area contributed by atoms with Crippen molar-refractivity contribution in [3.63, 3.8) is 0 Å². The Bertz CT molecular complexity index is 716. The van der Waals surface area contributed by atoms with Crippen molar-refractivity contribution in [2.75, 3.05) is 120 Å². The van der Waals surface area contributed by atoms with Crippen LogP contribution in [0.25, 0.3) is 0 Å². The molecular formula is C34H70N2O8P2Tc. The zero-order valence-electron chi connectivity index (χ0n) is 31.7. The van der Waals surface area contributed by atoms with Crippen molar-refractivity contribution in [3.05, 3.63) is 23.7 Å². The summed E-state index contributed by atoms with van der Waals surface area (Å²) in [6.45, 7) is 16.1. The number of rotatable bonds is 25. The van der Waals surface area contributed by atoms with Crippen molar-refractivity contribution in [2.24, 2.45) is 9.98 Å². The van der Waals surface area contributed by atoms with Gasteiger partial charge in [0.2, 0.25) is 0 Å². The Balaban J connectivity index is -0.000000316. The van der Waals surface area contributed by atoms with Crippen LogP contribution in [0.3, 0.4) is 0 Å². The van der Waals surface area contributed by atoms with Crippen molar-refractivity contribution < 1.29 is 58.7 Å². The molecule has 0 heterocycles.